The summed E-state index contributed by atoms with van der Waals surface area (Å²) in [5.74, 6) is -0.0140. The van der Waals surface area contributed by atoms with Crippen molar-refractivity contribution in [1.82, 2.24) is 4.90 Å². The average molecular weight is 368 g/mol. The van der Waals surface area contributed by atoms with Crippen LogP contribution in [0.25, 0.3) is 0 Å². The van der Waals surface area contributed by atoms with Crippen molar-refractivity contribution in [2.45, 2.75) is 57.4 Å². The summed E-state index contributed by atoms with van der Waals surface area (Å²) in [4.78, 5) is 26.8. The zero-order chi connectivity index (χ0) is 19.3. The second-order valence-electron chi connectivity index (χ2n) is 8.67. The molecule has 1 saturated carbocycles. The van der Waals surface area contributed by atoms with Gasteiger partial charge in [0.15, 0.2) is 0 Å². The molecule has 0 aromatic heterocycles. The molecule has 3 atom stereocenters. The number of aromatic hydroxyl groups is 1. The number of hydrogen-bond donors (Lipinski definition) is 2. The van der Waals surface area contributed by atoms with Crippen LogP contribution in [0.5, 0.6) is 5.75 Å². The van der Waals surface area contributed by atoms with Crippen molar-refractivity contribution < 1.29 is 14.7 Å². The number of nitrogens with zero attached hydrogens (tertiary/aromatic N) is 1. The van der Waals surface area contributed by atoms with E-state index in [4.69, 9.17) is 5.73 Å². The molecule has 2 aliphatic carbocycles. The van der Waals surface area contributed by atoms with Crippen molar-refractivity contribution in [2.75, 3.05) is 13.1 Å². The lowest BCUT2D eigenvalue weighted by Gasteiger charge is -2.58. The summed E-state index contributed by atoms with van der Waals surface area (Å²) in [6.45, 7) is 6.06. The molecule has 2 bridgehead atoms. The minimum atomic E-state index is -0.617. The number of Topliss-reactive ketones (excluding diaryl/α,β-unsaturated/α-hetero) is 1. The predicted molar refractivity (Wildman–Crippen MR) is 104 cm³/mol. The third-order valence-corrected chi connectivity index (χ3v) is 6.93. The van der Waals surface area contributed by atoms with Crippen LogP contribution in [0.15, 0.2) is 23.8 Å². The number of piperidine rings is 1. The molecule has 0 spiro atoms. The van der Waals surface area contributed by atoms with Crippen molar-refractivity contribution >= 4 is 11.7 Å². The Morgan fingerprint density at radius 3 is 2.89 bits per heavy atom. The van der Waals surface area contributed by atoms with Crippen LogP contribution in [0.3, 0.4) is 0 Å². The first-order valence-electron chi connectivity index (χ1n) is 9.88. The number of rotatable bonds is 3. The Balaban J connectivity index is 1.84. The van der Waals surface area contributed by atoms with E-state index in [1.807, 2.05) is 6.07 Å². The van der Waals surface area contributed by atoms with Crippen molar-refractivity contribution in [1.29, 1.82) is 0 Å². The molecule has 5 heteroatoms. The molecule has 1 aromatic rings. The summed E-state index contributed by atoms with van der Waals surface area (Å²) in [5.41, 5.74) is 8.50. The molecule has 1 aromatic carbocycles. The summed E-state index contributed by atoms with van der Waals surface area (Å²) >= 11 is 0. The Morgan fingerprint density at radius 1 is 1.41 bits per heavy atom. The van der Waals surface area contributed by atoms with E-state index in [9.17, 15) is 14.7 Å². The van der Waals surface area contributed by atoms with Crippen LogP contribution in [0.4, 0.5) is 0 Å². The fourth-order valence-electron chi connectivity index (χ4n) is 5.74. The molecular formula is C22H28N2O3. The third-order valence-electron chi connectivity index (χ3n) is 6.93. The van der Waals surface area contributed by atoms with Gasteiger partial charge in [0.1, 0.15) is 11.5 Å². The smallest absolute Gasteiger partial charge is 0.252 e. The van der Waals surface area contributed by atoms with Gasteiger partial charge in [0.05, 0.1) is 5.56 Å². The highest BCUT2D eigenvalue weighted by Gasteiger charge is 2.56. The molecule has 27 heavy (non-hydrogen) atoms. The zero-order valence-corrected chi connectivity index (χ0v) is 16.1. The quantitative estimate of drug-likeness (QED) is 0.804. The Kier molecular flexibility index (Phi) is 4.38. The number of ketones is 1. The first kappa shape index (κ1) is 18.2. The Labute approximate surface area is 160 Å². The van der Waals surface area contributed by atoms with Gasteiger partial charge in [0, 0.05) is 36.4 Å². The van der Waals surface area contributed by atoms with Gasteiger partial charge in [-0.1, -0.05) is 17.7 Å². The van der Waals surface area contributed by atoms with Gasteiger partial charge in [0.2, 0.25) is 0 Å². The maximum atomic E-state index is 12.5. The van der Waals surface area contributed by atoms with Gasteiger partial charge in [0.25, 0.3) is 5.91 Å². The average Bonchev–Trinajstić information content (AvgIpc) is 2.59. The minimum absolute atomic E-state index is 0.0101. The van der Waals surface area contributed by atoms with E-state index < -0.39 is 5.91 Å². The highest BCUT2D eigenvalue weighted by molar-refractivity contribution is 5.96. The fraction of sp³-hybridized carbons (Fsp3) is 0.545. The van der Waals surface area contributed by atoms with E-state index >= 15 is 0 Å². The summed E-state index contributed by atoms with van der Waals surface area (Å²) < 4.78 is 0. The molecule has 0 radical (unpaired) electrons. The first-order chi connectivity index (χ1) is 12.8. The zero-order valence-electron chi connectivity index (χ0n) is 16.1. The number of hydrogen-bond acceptors (Lipinski definition) is 4. The van der Waals surface area contributed by atoms with Crippen LogP contribution in [0.1, 0.15) is 61.0 Å². The van der Waals surface area contributed by atoms with Crippen LogP contribution in [0, 0.1) is 5.92 Å². The summed E-state index contributed by atoms with van der Waals surface area (Å²) in [6, 6.07) is 3.94. The molecular weight excluding hydrogens is 340 g/mol. The molecule has 5 nitrogen and oxygen atoms in total. The van der Waals surface area contributed by atoms with E-state index in [0.717, 1.165) is 43.5 Å². The number of allylic oxidation sites excluding steroid dienone is 1. The lowest BCUT2D eigenvalue weighted by molar-refractivity contribution is -0.127. The van der Waals surface area contributed by atoms with Crippen molar-refractivity contribution in [3.8, 4) is 5.75 Å². The molecule has 1 aliphatic heterocycles. The van der Waals surface area contributed by atoms with Gasteiger partial charge in [-0.25, -0.2) is 0 Å². The molecule has 0 unspecified atom stereocenters. The molecule has 144 valence electrons. The number of likely N-dealkylation sites (tertiary alicyclic amines) is 1. The third kappa shape index (κ3) is 2.80. The molecule has 3 aliphatic rings. The number of phenols is 1. The Hall–Kier alpha value is -2.14. The second-order valence-corrected chi connectivity index (χ2v) is 8.67. The molecule has 1 heterocycles. The van der Waals surface area contributed by atoms with Gasteiger partial charge in [-0.2, -0.15) is 0 Å². The van der Waals surface area contributed by atoms with E-state index in [-0.39, 0.29) is 22.5 Å². The van der Waals surface area contributed by atoms with Crippen LogP contribution in [-0.2, 0) is 16.6 Å². The van der Waals surface area contributed by atoms with Gasteiger partial charge in [-0.3, -0.25) is 14.5 Å². The lowest BCUT2D eigenvalue weighted by Crippen LogP contribution is -2.61. The van der Waals surface area contributed by atoms with Gasteiger partial charge in [-0.15, -0.1) is 0 Å². The van der Waals surface area contributed by atoms with Crippen molar-refractivity contribution in [3.05, 3.63) is 40.5 Å². The van der Waals surface area contributed by atoms with E-state index in [1.54, 1.807) is 6.07 Å². The normalized spacial score (nSPS) is 29.6. The SMILES string of the molecule is CC(C)=CCN1CC[C@]23CC(=O)CC[C@H]2[C@H]1Cc1ccc(C(N)=O)c(O)c13. The lowest BCUT2D eigenvalue weighted by atomic mass is 9.51. The second kappa shape index (κ2) is 6.48. The van der Waals surface area contributed by atoms with E-state index in [0.29, 0.717) is 24.8 Å². The molecule has 3 N–H and O–H groups in total. The van der Waals surface area contributed by atoms with Gasteiger partial charge < -0.3 is 10.8 Å². The monoisotopic (exact) mass is 368 g/mol. The number of amides is 1. The summed E-state index contributed by atoms with van der Waals surface area (Å²) in [6.07, 6.45) is 5.88. The maximum Gasteiger partial charge on any atom is 0.252 e. The number of benzene rings is 1. The van der Waals surface area contributed by atoms with Gasteiger partial charge in [-0.05, 0) is 57.2 Å². The first-order valence-corrected chi connectivity index (χ1v) is 9.88. The fourth-order valence-corrected chi connectivity index (χ4v) is 5.74. The summed E-state index contributed by atoms with van der Waals surface area (Å²) in [7, 11) is 0. The number of nitrogens with two attached hydrogens (primary N) is 1. The molecule has 1 saturated heterocycles. The van der Waals surface area contributed by atoms with Gasteiger partial charge >= 0.3 is 0 Å². The van der Waals surface area contributed by atoms with Crippen molar-refractivity contribution in [2.24, 2.45) is 11.7 Å². The highest BCUT2D eigenvalue weighted by Crippen LogP contribution is 2.57. The standard InChI is InChI=1S/C22H28N2O3/c1-13(2)7-9-24-10-8-22-12-15(25)4-6-17(22)18(24)11-14-3-5-16(21(23)27)20(26)19(14)22/h3,5,7,17-18,26H,4,6,8-12H2,1-2H3,(H2,23,27)/t17-,18+,22-/m0/s1. The Bertz CT molecular complexity index is 840. The van der Waals surface area contributed by atoms with Crippen LogP contribution in [0.2, 0.25) is 0 Å². The highest BCUT2D eigenvalue weighted by atomic mass is 16.3. The topological polar surface area (TPSA) is 83.6 Å². The number of primary amides is 1. The van der Waals surface area contributed by atoms with E-state index in [2.05, 4.69) is 24.8 Å². The molecule has 2 fully saturated rings. The van der Waals surface area contributed by atoms with Crippen LogP contribution < -0.4 is 5.73 Å². The largest absolute Gasteiger partial charge is 0.507 e. The number of carbonyl (C=O) groups is 2. The van der Waals surface area contributed by atoms with Crippen LogP contribution in [-0.4, -0.2) is 40.8 Å². The molecule has 1 amide bonds. The van der Waals surface area contributed by atoms with Crippen LogP contribution >= 0.6 is 0 Å². The summed E-state index contributed by atoms with van der Waals surface area (Å²) in [5, 5.41) is 10.9. The van der Waals surface area contributed by atoms with Crippen molar-refractivity contribution in [3.63, 3.8) is 0 Å². The van der Waals surface area contributed by atoms with E-state index in [1.165, 1.54) is 5.57 Å². The maximum absolute atomic E-state index is 12.5. The number of fused-ring (bicyclic) bond motifs is 1. The Morgan fingerprint density at radius 2 is 2.19 bits per heavy atom. The number of carbonyl (C=O) groups excluding carboxylic acids is 2. The molecule has 4 rings (SSSR count). The minimum Gasteiger partial charge on any atom is -0.507 e. The predicted octanol–water partition coefficient (Wildman–Crippen LogP) is 2.69.